The normalized spacial score (nSPS) is 13.7. The second-order valence-corrected chi connectivity index (χ2v) is 7.69. The summed E-state index contributed by atoms with van der Waals surface area (Å²) >= 11 is 0. The van der Waals surface area contributed by atoms with Crippen molar-refractivity contribution >= 4 is 12.0 Å². The Morgan fingerprint density at radius 1 is 1.14 bits per heavy atom. The minimum atomic E-state index is -0.772. The summed E-state index contributed by atoms with van der Waals surface area (Å²) in [6.07, 6.45) is 1.55. The van der Waals surface area contributed by atoms with Crippen molar-refractivity contribution in [3.8, 4) is 0 Å². The molecule has 0 aromatic heterocycles. The minimum Gasteiger partial charge on any atom is -0.481 e. The molecule has 0 aliphatic heterocycles. The third kappa shape index (κ3) is 7.93. The minimum absolute atomic E-state index is 0.0346. The van der Waals surface area contributed by atoms with Crippen LogP contribution in [0.1, 0.15) is 60.8 Å². The van der Waals surface area contributed by atoms with Gasteiger partial charge in [-0.3, -0.25) is 4.79 Å². The fourth-order valence-electron chi connectivity index (χ4n) is 1.96. The number of carbonyl (C=O) groups is 2. The molecule has 0 bridgehead atoms. The van der Waals surface area contributed by atoms with Crippen LogP contribution in [0.5, 0.6) is 0 Å². The highest BCUT2D eigenvalue weighted by Gasteiger charge is 2.27. The van der Waals surface area contributed by atoms with E-state index in [0.717, 1.165) is 6.42 Å². The predicted molar refractivity (Wildman–Crippen MR) is 85.3 cm³/mol. The maximum Gasteiger partial charge on any atom is 0.317 e. The molecule has 5 heteroatoms. The Balaban J connectivity index is 4.22. The summed E-state index contributed by atoms with van der Waals surface area (Å²) in [5.41, 5.74) is -0.0489. The molecule has 124 valence electrons. The molecule has 0 aliphatic rings. The van der Waals surface area contributed by atoms with Gasteiger partial charge in [-0.1, -0.05) is 34.6 Å². The largest absolute Gasteiger partial charge is 0.481 e. The third-order valence-electron chi connectivity index (χ3n) is 4.25. The second-order valence-electron chi connectivity index (χ2n) is 7.69. The fourth-order valence-corrected chi connectivity index (χ4v) is 1.96. The summed E-state index contributed by atoms with van der Waals surface area (Å²) in [4.78, 5) is 24.4. The van der Waals surface area contributed by atoms with Crippen LogP contribution in [0.2, 0.25) is 0 Å². The fraction of sp³-hybridized carbons (Fsp3) is 0.875. The van der Waals surface area contributed by atoms with Crippen molar-refractivity contribution in [3.63, 3.8) is 0 Å². The van der Waals surface area contributed by atoms with Gasteiger partial charge in [0, 0.05) is 26.1 Å². The van der Waals surface area contributed by atoms with Crippen LogP contribution < -0.4 is 5.32 Å². The molecule has 2 amide bonds. The zero-order chi connectivity index (χ0) is 16.8. The smallest absolute Gasteiger partial charge is 0.317 e. The summed E-state index contributed by atoms with van der Waals surface area (Å²) in [5.74, 6) is -0.772. The van der Waals surface area contributed by atoms with Gasteiger partial charge in [-0.2, -0.15) is 0 Å². The highest BCUT2D eigenvalue weighted by atomic mass is 16.4. The Morgan fingerprint density at radius 2 is 1.67 bits per heavy atom. The standard InChI is InChI=1S/C16H32N2O3/c1-12(15(2,3)4)18(7)14(21)17-11-10-16(5,6)9-8-13(19)20/h12H,8-11H2,1-7H3,(H,17,21)(H,19,20). The zero-order valence-corrected chi connectivity index (χ0v) is 14.6. The van der Waals surface area contributed by atoms with Gasteiger partial charge >= 0.3 is 12.0 Å². The van der Waals surface area contributed by atoms with E-state index in [4.69, 9.17) is 5.11 Å². The first-order chi connectivity index (χ1) is 9.37. The molecule has 21 heavy (non-hydrogen) atoms. The average Bonchev–Trinajstić information content (AvgIpc) is 2.33. The number of carboxylic acid groups (broad SMARTS) is 1. The summed E-state index contributed by atoms with van der Waals surface area (Å²) in [7, 11) is 1.81. The summed E-state index contributed by atoms with van der Waals surface area (Å²) in [5, 5.41) is 11.6. The lowest BCUT2D eigenvalue weighted by Gasteiger charge is -2.35. The Labute approximate surface area is 129 Å². The first-order valence-corrected chi connectivity index (χ1v) is 7.59. The number of carbonyl (C=O) groups excluding carboxylic acids is 1. The molecule has 1 unspecified atom stereocenters. The highest BCUT2D eigenvalue weighted by molar-refractivity contribution is 5.74. The van der Waals surface area contributed by atoms with E-state index in [1.165, 1.54) is 0 Å². The zero-order valence-electron chi connectivity index (χ0n) is 14.6. The number of hydrogen-bond donors (Lipinski definition) is 2. The first kappa shape index (κ1) is 19.7. The number of aliphatic carboxylic acids is 1. The molecule has 0 saturated heterocycles. The molecule has 0 spiro atoms. The van der Waals surface area contributed by atoms with E-state index in [9.17, 15) is 9.59 Å². The second kappa shape index (κ2) is 7.66. The quantitative estimate of drug-likeness (QED) is 0.757. The van der Waals surface area contributed by atoms with Crippen molar-refractivity contribution in [2.45, 2.75) is 66.8 Å². The summed E-state index contributed by atoms with van der Waals surface area (Å²) in [6, 6.07) is 0.0592. The lowest BCUT2D eigenvalue weighted by Crippen LogP contribution is -2.48. The Bertz CT molecular complexity index is 359. The number of nitrogens with one attached hydrogen (secondary N) is 1. The Hall–Kier alpha value is -1.26. The van der Waals surface area contributed by atoms with E-state index in [1.54, 1.807) is 11.9 Å². The molecule has 0 aromatic carbocycles. The van der Waals surface area contributed by atoms with E-state index >= 15 is 0 Å². The average molecular weight is 300 g/mol. The predicted octanol–water partition coefficient (Wildman–Crippen LogP) is 3.34. The number of amides is 2. The molecule has 0 aromatic rings. The van der Waals surface area contributed by atoms with Gasteiger partial charge in [0.25, 0.3) is 0 Å². The number of urea groups is 1. The monoisotopic (exact) mass is 300 g/mol. The van der Waals surface area contributed by atoms with Gasteiger partial charge in [0.05, 0.1) is 0 Å². The molecule has 0 rings (SSSR count). The third-order valence-corrected chi connectivity index (χ3v) is 4.25. The Kier molecular flexibility index (Phi) is 7.20. The SMILES string of the molecule is CC(N(C)C(=O)NCCC(C)(C)CCC(=O)O)C(C)(C)C. The van der Waals surface area contributed by atoms with Crippen molar-refractivity contribution in [3.05, 3.63) is 0 Å². The Morgan fingerprint density at radius 3 is 2.10 bits per heavy atom. The van der Waals surface area contributed by atoms with E-state index < -0.39 is 5.97 Å². The van der Waals surface area contributed by atoms with Crippen LogP contribution >= 0.6 is 0 Å². The van der Waals surface area contributed by atoms with Crippen LogP contribution in [-0.4, -0.2) is 41.6 Å². The molecule has 1 atom stereocenters. The van der Waals surface area contributed by atoms with E-state index in [0.29, 0.717) is 13.0 Å². The molecule has 0 fully saturated rings. The number of rotatable bonds is 7. The lowest BCUT2D eigenvalue weighted by atomic mass is 9.84. The van der Waals surface area contributed by atoms with Crippen LogP contribution in [0.15, 0.2) is 0 Å². The molecule has 0 heterocycles. The molecular formula is C16H32N2O3. The van der Waals surface area contributed by atoms with Gasteiger partial charge in [-0.25, -0.2) is 4.79 Å². The summed E-state index contributed by atoms with van der Waals surface area (Å²) in [6.45, 7) is 13.0. The van der Waals surface area contributed by atoms with Crippen LogP contribution in [0, 0.1) is 10.8 Å². The van der Waals surface area contributed by atoms with Crippen molar-refractivity contribution in [2.24, 2.45) is 10.8 Å². The van der Waals surface area contributed by atoms with Gasteiger partial charge in [0.15, 0.2) is 0 Å². The first-order valence-electron chi connectivity index (χ1n) is 7.59. The molecule has 5 nitrogen and oxygen atoms in total. The van der Waals surface area contributed by atoms with Crippen LogP contribution in [0.3, 0.4) is 0 Å². The van der Waals surface area contributed by atoms with Crippen molar-refractivity contribution < 1.29 is 14.7 Å². The molecule has 0 saturated carbocycles. The van der Waals surface area contributed by atoms with E-state index in [1.807, 2.05) is 20.8 Å². The number of carboxylic acids is 1. The van der Waals surface area contributed by atoms with Crippen LogP contribution in [-0.2, 0) is 4.79 Å². The van der Waals surface area contributed by atoms with Crippen molar-refractivity contribution in [1.29, 1.82) is 0 Å². The van der Waals surface area contributed by atoms with Gasteiger partial charge in [0.1, 0.15) is 0 Å². The maximum absolute atomic E-state index is 12.1. The van der Waals surface area contributed by atoms with Gasteiger partial charge in [-0.05, 0) is 30.6 Å². The molecule has 0 radical (unpaired) electrons. The van der Waals surface area contributed by atoms with Gasteiger partial charge in [0.2, 0.25) is 0 Å². The lowest BCUT2D eigenvalue weighted by molar-refractivity contribution is -0.137. The van der Waals surface area contributed by atoms with Crippen molar-refractivity contribution in [2.75, 3.05) is 13.6 Å². The number of nitrogens with zero attached hydrogens (tertiary/aromatic N) is 1. The molecule has 2 N–H and O–H groups in total. The number of hydrogen-bond acceptors (Lipinski definition) is 2. The summed E-state index contributed by atoms with van der Waals surface area (Å²) < 4.78 is 0. The van der Waals surface area contributed by atoms with Gasteiger partial charge < -0.3 is 15.3 Å². The molecule has 0 aliphatic carbocycles. The van der Waals surface area contributed by atoms with E-state index in [2.05, 4.69) is 26.1 Å². The highest BCUT2D eigenvalue weighted by Crippen LogP contribution is 2.26. The molecular weight excluding hydrogens is 268 g/mol. The maximum atomic E-state index is 12.1. The van der Waals surface area contributed by atoms with Gasteiger partial charge in [-0.15, -0.1) is 0 Å². The van der Waals surface area contributed by atoms with Crippen LogP contribution in [0.25, 0.3) is 0 Å². The van der Waals surface area contributed by atoms with E-state index in [-0.39, 0.29) is 29.3 Å². The van der Waals surface area contributed by atoms with Crippen LogP contribution in [0.4, 0.5) is 4.79 Å². The topological polar surface area (TPSA) is 69.6 Å². The van der Waals surface area contributed by atoms with Crippen molar-refractivity contribution in [1.82, 2.24) is 10.2 Å².